The molecule has 0 aliphatic carbocycles. The highest BCUT2D eigenvalue weighted by Gasteiger charge is 2.05. The zero-order valence-electron chi connectivity index (χ0n) is 9.12. The van der Waals surface area contributed by atoms with E-state index in [9.17, 15) is 0 Å². The Bertz CT molecular complexity index is 348. The third kappa shape index (κ3) is 2.32. The second-order valence-electron chi connectivity index (χ2n) is 3.66. The van der Waals surface area contributed by atoms with Gasteiger partial charge in [0.1, 0.15) is 0 Å². The van der Waals surface area contributed by atoms with Gasteiger partial charge in [-0.1, -0.05) is 38.6 Å². The van der Waals surface area contributed by atoms with Gasteiger partial charge in [0.15, 0.2) is 0 Å². The van der Waals surface area contributed by atoms with Crippen molar-refractivity contribution < 1.29 is 0 Å². The Morgan fingerprint density at radius 2 is 2.07 bits per heavy atom. The van der Waals surface area contributed by atoms with Crippen LogP contribution in [-0.2, 0) is 0 Å². The molecule has 0 saturated carbocycles. The summed E-state index contributed by atoms with van der Waals surface area (Å²) in [7, 11) is 0. The van der Waals surface area contributed by atoms with Crippen LogP contribution >= 0.6 is 0 Å². The first-order valence-corrected chi connectivity index (χ1v) is 4.91. The number of benzene rings is 1. The molecule has 0 spiro atoms. The Morgan fingerprint density at radius 1 is 1.36 bits per heavy atom. The van der Waals surface area contributed by atoms with E-state index in [2.05, 4.69) is 44.5 Å². The molecule has 0 fully saturated rings. The standard InChI is InChI=1S/C13H17N/c1-5-9-14-13-8-6-7-12(10(2)3)11(13)4/h5-10H,1H2,2-4H3. The summed E-state index contributed by atoms with van der Waals surface area (Å²) >= 11 is 0. The normalized spacial score (nSPS) is 11.1. The van der Waals surface area contributed by atoms with Gasteiger partial charge in [-0.25, -0.2) is 0 Å². The molecule has 1 nitrogen and oxygen atoms in total. The van der Waals surface area contributed by atoms with E-state index in [4.69, 9.17) is 0 Å². The number of rotatable bonds is 3. The highest BCUT2D eigenvalue weighted by Crippen LogP contribution is 2.26. The summed E-state index contributed by atoms with van der Waals surface area (Å²) in [6, 6.07) is 6.24. The molecule has 1 aromatic carbocycles. The van der Waals surface area contributed by atoms with Crippen LogP contribution in [0.25, 0.3) is 0 Å². The van der Waals surface area contributed by atoms with Gasteiger partial charge in [-0.3, -0.25) is 4.99 Å². The van der Waals surface area contributed by atoms with Crippen LogP contribution in [-0.4, -0.2) is 6.21 Å². The third-order valence-corrected chi connectivity index (χ3v) is 2.29. The van der Waals surface area contributed by atoms with Gasteiger partial charge in [-0.15, -0.1) is 0 Å². The van der Waals surface area contributed by atoms with E-state index >= 15 is 0 Å². The van der Waals surface area contributed by atoms with E-state index in [1.54, 1.807) is 12.3 Å². The van der Waals surface area contributed by atoms with Crippen molar-refractivity contribution >= 4 is 11.9 Å². The molecule has 1 rings (SSSR count). The van der Waals surface area contributed by atoms with Crippen LogP contribution in [0.4, 0.5) is 5.69 Å². The predicted molar refractivity (Wildman–Crippen MR) is 63.6 cm³/mol. The molecule has 0 amide bonds. The van der Waals surface area contributed by atoms with Crippen molar-refractivity contribution in [3.63, 3.8) is 0 Å². The fourth-order valence-corrected chi connectivity index (χ4v) is 1.54. The number of hydrogen-bond donors (Lipinski definition) is 0. The molecular formula is C13H17N. The van der Waals surface area contributed by atoms with E-state index in [0.29, 0.717) is 5.92 Å². The summed E-state index contributed by atoms with van der Waals surface area (Å²) in [4.78, 5) is 4.32. The first kappa shape index (κ1) is 10.7. The molecule has 0 aliphatic heterocycles. The van der Waals surface area contributed by atoms with Gasteiger partial charge in [-0.2, -0.15) is 0 Å². The fraction of sp³-hybridized carbons (Fsp3) is 0.308. The van der Waals surface area contributed by atoms with Gasteiger partial charge < -0.3 is 0 Å². The molecule has 0 aromatic heterocycles. The largest absolute Gasteiger partial charge is 0.257 e. The highest BCUT2D eigenvalue weighted by atomic mass is 14.7. The van der Waals surface area contributed by atoms with Crippen molar-refractivity contribution in [3.8, 4) is 0 Å². The molecule has 1 aromatic rings. The molecular weight excluding hydrogens is 170 g/mol. The van der Waals surface area contributed by atoms with E-state index in [0.717, 1.165) is 5.69 Å². The molecule has 0 radical (unpaired) electrons. The highest BCUT2D eigenvalue weighted by molar-refractivity contribution is 5.74. The van der Waals surface area contributed by atoms with Crippen LogP contribution in [0.2, 0.25) is 0 Å². The van der Waals surface area contributed by atoms with Gasteiger partial charge in [0.05, 0.1) is 5.69 Å². The van der Waals surface area contributed by atoms with Crippen molar-refractivity contribution in [3.05, 3.63) is 42.0 Å². The van der Waals surface area contributed by atoms with Crippen molar-refractivity contribution in [1.82, 2.24) is 0 Å². The molecule has 0 N–H and O–H groups in total. The summed E-state index contributed by atoms with van der Waals surface area (Å²) in [6.07, 6.45) is 3.42. The SMILES string of the molecule is C=CC=Nc1cccc(C(C)C)c1C. The lowest BCUT2D eigenvalue weighted by molar-refractivity contribution is 0.857. The Hall–Kier alpha value is -1.37. The average Bonchev–Trinajstić information content (AvgIpc) is 2.16. The Labute approximate surface area is 86.2 Å². The van der Waals surface area contributed by atoms with Crippen LogP contribution in [0.1, 0.15) is 30.9 Å². The molecule has 1 heteroatoms. The summed E-state index contributed by atoms with van der Waals surface area (Å²) in [5, 5.41) is 0. The number of allylic oxidation sites excluding steroid dienone is 1. The summed E-state index contributed by atoms with van der Waals surface area (Å²) < 4.78 is 0. The molecule has 0 heterocycles. The summed E-state index contributed by atoms with van der Waals surface area (Å²) in [5.74, 6) is 0.550. The molecule has 0 saturated heterocycles. The van der Waals surface area contributed by atoms with Crippen molar-refractivity contribution in [2.45, 2.75) is 26.7 Å². The third-order valence-electron chi connectivity index (χ3n) is 2.29. The minimum Gasteiger partial charge on any atom is -0.257 e. The van der Waals surface area contributed by atoms with E-state index in [1.807, 2.05) is 6.07 Å². The van der Waals surface area contributed by atoms with Gasteiger partial charge in [0.25, 0.3) is 0 Å². The van der Waals surface area contributed by atoms with Crippen molar-refractivity contribution in [2.24, 2.45) is 4.99 Å². The van der Waals surface area contributed by atoms with E-state index in [1.165, 1.54) is 11.1 Å². The van der Waals surface area contributed by atoms with Crippen LogP contribution < -0.4 is 0 Å². The van der Waals surface area contributed by atoms with Gasteiger partial charge in [0.2, 0.25) is 0 Å². The minimum atomic E-state index is 0.550. The smallest absolute Gasteiger partial charge is 0.0661 e. The van der Waals surface area contributed by atoms with Crippen molar-refractivity contribution in [1.29, 1.82) is 0 Å². The number of nitrogens with zero attached hydrogens (tertiary/aromatic N) is 1. The Kier molecular flexibility index (Phi) is 3.63. The topological polar surface area (TPSA) is 12.4 Å². The second kappa shape index (κ2) is 4.75. The fourth-order valence-electron chi connectivity index (χ4n) is 1.54. The monoisotopic (exact) mass is 187 g/mol. The zero-order chi connectivity index (χ0) is 10.6. The number of aliphatic imine (C=N–C) groups is 1. The quantitative estimate of drug-likeness (QED) is 0.634. The van der Waals surface area contributed by atoms with E-state index < -0.39 is 0 Å². The summed E-state index contributed by atoms with van der Waals surface area (Å²) in [5.41, 5.74) is 3.67. The number of hydrogen-bond acceptors (Lipinski definition) is 1. The lowest BCUT2D eigenvalue weighted by Gasteiger charge is -2.10. The Balaban J connectivity index is 3.13. The maximum absolute atomic E-state index is 4.32. The van der Waals surface area contributed by atoms with Crippen LogP contribution in [0.3, 0.4) is 0 Å². The van der Waals surface area contributed by atoms with Crippen LogP contribution in [0.5, 0.6) is 0 Å². The first-order valence-electron chi connectivity index (χ1n) is 4.91. The van der Waals surface area contributed by atoms with Crippen LogP contribution in [0, 0.1) is 6.92 Å². The zero-order valence-corrected chi connectivity index (χ0v) is 9.12. The molecule has 14 heavy (non-hydrogen) atoms. The molecule has 0 aliphatic rings. The van der Waals surface area contributed by atoms with Crippen molar-refractivity contribution in [2.75, 3.05) is 0 Å². The molecule has 0 unspecified atom stereocenters. The average molecular weight is 187 g/mol. The van der Waals surface area contributed by atoms with Gasteiger partial charge >= 0.3 is 0 Å². The maximum Gasteiger partial charge on any atom is 0.0661 e. The van der Waals surface area contributed by atoms with Gasteiger partial charge in [-0.05, 0) is 30.0 Å². The van der Waals surface area contributed by atoms with Crippen LogP contribution in [0.15, 0.2) is 35.8 Å². The lowest BCUT2D eigenvalue weighted by atomic mass is 9.97. The molecule has 0 bridgehead atoms. The van der Waals surface area contributed by atoms with E-state index in [-0.39, 0.29) is 0 Å². The second-order valence-corrected chi connectivity index (χ2v) is 3.66. The molecule has 74 valence electrons. The lowest BCUT2D eigenvalue weighted by Crippen LogP contribution is -1.91. The van der Waals surface area contributed by atoms with Gasteiger partial charge in [0, 0.05) is 6.21 Å². The summed E-state index contributed by atoms with van der Waals surface area (Å²) in [6.45, 7) is 10.1. The minimum absolute atomic E-state index is 0.550. The maximum atomic E-state index is 4.32. The first-order chi connectivity index (χ1) is 6.66. The Morgan fingerprint density at radius 3 is 2.64 bits per heavy atom. The molecule has 0 atom stereocenters. The predicted octanol–water partition coefficient (Wildman–Crippen LogP) is 4.01.